The first-order chi connectivity index (χ1) is 8.71. The minimum Gasteiger partial charge on any atom is -0.320 e. The zero-order chi connectivity index (χ0) is 13.8. The molecule has 0 aliphatic rings. The van der Waals surface area contributed by atoms with Gasteiger partial charge in [0.2, 0.25) is 0 Å². The smallest absolute Gasteiger partial charge is 0.320 e. The molecule has 0 N–H and O–H groups in total. The molecule has 0 heterocycles. The Kier molecular flexibility index (Phi) is 10.1. The van der Waals surface area contributed by atoms with Crippen LogP contribution in [0.4, 0.5) is 4.79 Å². The minimum absolute atomic E-state index is 0.111. The van der Waals surface area contributed by atoms with Gasteiger partial charge in [-0.15, -0.1) is 0 Å². The topological polar surface area (TPSA) is 27.9 Å². The van der Waals surface area contributed by atoms with Crippen molar-refractivity contribution in [2.45, 2.75) is 59.3 Å². The van der Waals surface area contributed by atoms with Crippen molar-refractivity contribution in [2.75, 3.05) is 19.6 Å². The Hall–Kier alpha value is -1.24. The Labute approximate surface area is 112 Å². The molecule has 0 saturated carbocycles. The zero-order valence-electron chi connectivity index (χ0n) is 12.1. The molecule has 0 rings (SSSR count). The van der Waals surface area contributed by atoms with Gasteiger partial charge in [0.25, 0.3) is 0 Å². The highest BCUT2D eigenvalue weighted by Gasteiger charge is 2.23. The standard InChI is InChI=1S/C14H27N3O/c1-5-8-11-16(12-9-6-2)14(18)17(15-4)13-10-7-3/h5-13H2,1-3H3. The maximum atomic E-state index is 12.2. The normalized spacial score (nSPS) is 9.89. The third-order valence-electron chi connectivity index (χ3n) is 2.90. The monoisotopic (exact) mass is 253 g/mol. The van der Waals surface area contributed by atoms with Gasteiger partial charge >= 0.3 is 6.03 Å². The van der Waals surface area contributed by atoms with E-state index in [0.29, 0.717) is 6.54 Å². The van der Waals surface area contributed by atoms with Crippen molar-refractivity contribution in [1.82, 2.24) is 9.91 Å². The fourth-order valence-electron chi connectivity index (χ4n) is 1.66. The molecule has 0 saturated heterocycles. The second-order valence-electron chi connectivity index (χ2n) is 4.55. The lowest BCUT2D eigenvalue weighted by molar-refractivity contribution is 0.166. The highest BCUT2D eigenvalue weighted by atomic mass is 16.2. The summed E-state index contributed by atoms with van der Waals surface area (Å²) < 4.78 is 0. The lowest BCUT2D eigenvalue weighted by Crippen LogP contribution is -2.41. The van der Waals surface area contributed by atoms with Gasteiger partial charge < -0.3 is 4.90 Å². The van der Waals surface area contributed by atoms with Crippen LogP contribution >= 0.6 is 0 Å². The average Bonchev–Trinajstić information content (AvgIpc) is 2.39. The van der Waals surface area contributed by atoms with Gasteiger partial charge in [0.15, 0.2) is 0 Å². The molecule has 0 spiro atoms. The van der Waals surface area contributed by atoms with Gasteiger partial charge in [-0.25, -0.2) is 4.79 Å². The van der Waals surface area contributed by atoms with Crippen LogP contribution in [-0.4, -0.2) is 35.6 Å². The van der Waals surface area contributed by atoms with E-state index < -0.39 is 0 Å². The quantitative estimate of drug-likeness (QED) is 0.452. The van der Waals surface area contributed by atoms with Crippen LogP contribution in [0.1, 0.15) is 59.3 Å². The zero-order valence-corrected chi connectivity index (χ0v) is 12.1. The highest BCUT2D eigenvalue weighted by Crippen LogP contribution is 2.06. The van der Waals surface area contributed by atoms with E-state index in [2.05, 4.69) is 25.7 Å². The van der Waals surface area contributed by atoms with Gasteiger partial charge in [-0.1, -0.05) is 40.0 Å². The van der Waals surface area contributed by atoms with Crippen molar-refractivity contribution in [3.8, 4) is 0 Å². The highest BCUT2D eigenvalue weighted by molar-refractivity contribution is 5.75. The molecule has 0 atom stereocenters. The van der Waals surface area contributed by atoms with Crippen molar-refractivity contribution < 1.29 is 4.79 Å². The SMILES string of the molecule is [C-]#[N+]N(CCCC)C(=O)N(CCCC)CCCC. The predicted octanol–water partition coefficient (Wildman–Crippen LogP) is 3.94. The van der Waals surface area contributed by atoms with E-state index in [1.165, 1.54) is 5.01 Å². The maximum absolute atomic E-state index is 12.2. The van der Waals surface area contributed by atoms with Crippen LogP contribution in [0.2, 0.25) is 0 Å². The van der Waals surface area contributed by atoms with E-state index in [9.17, 15) is 4.79 Å². The van der Waals surface area contributed by atoms with Crippen LogP contribution in [0, 0.1) is 6.57 Å². The number of rotatable bonds is 9. The van der Waals surface area contributed by atoms with Gasteiger partial charge in [-0.2, -0.15) is 11.5 Å². The summed E-state index contributed by atoms with van der Waals surface area (Å²) in [7, 11) is 0. The van der Waals surface area contributed by atoms with Gasteiger partial charge in [0, 0.05) is 13.1 Å². The largest absolute Gasteiger partial charge is 0.385 e. The van der Waals surface area contributed by atoms with Crippen LogP contribution < -0.4 is 0 Å². The summed E-state index contributed by atoms with van der Waals surface area (Å²) in [6.45, 7) is 15.5. The van der Waals surface area contributed by atoms with Gasteiger partial charge in [0.1, 0.15) is 0 Å². The maximum Gasteiger partial charge on any atom is 0.385 e. The second kappa shape index (κ2) is 10.9. The van der Waals surface area contributed by atoms with E-state index >= 15 is 0 Å². The lowest BCUT2D eigenvalue weighted by atomic mass is 10.2. The van der Waals surface area contributed by atoms with Crippen LogP contribution in [0.3, 0.4) is 0 Å². The molecule has 0 fully saturated rings. The van der Waals surface area contributed by atoms with E-state index in [0.717, 1.165) is 51.6 Å². The number of hydrogen-bond donors (Lipinski definition) is 0. The minimum atomic E-state index is -0.111. The second-order valence-corrected chi connectivity index (χ2v) is 4.55. The molecule has 0 bridgehead atoms. The Morgan fingerprint density at radius 2 is 1.39 bits per heavy atom. The van der Waals surface area contributed by atoms with Crippen molar-refractivity contribution in [3.05, 3.63) is 11.5 Å². The van der Waals surface area contributed by atoms with E-state index in [1.54, 1.807) is 0 Å². The Morgan fingerprint density at radius 1 is 0.944 bits per heavy atom. The lowest BCUT2D eigenvalue weighted by Gasteiger charge is -2.23. The van der Waals surface area contributed by atoms with E-state index in [1.807, 2.05) is 4.90 Å². The van der Waals surface area contributed by atoms with Gasteiger partial charge in [0.05, 0.1) is 6.54 Å². The molecule has 0 aromatic rings. The molecule has 2 amide bonds. The summed E-state index contributed by atoms with van der Waals surface area (Å²) in [5.41, 5.74) is 0. The summed E-state index contributed by atoms with van der Waals surface area (Å²) >= 11 is 0. The Balaban J connectivity index is 4.43. The summed E-state index contributed by atoms with van der Waals surface area (Å²) in [6, 6.07) is -0.111. The fraction of sp³-hybridized carbons (Fsp3) is 0.857. The number of hydrogen-bond acceptors (Lipinski definition) is 1. The van der Waals surface area contributed by atoms with Crippen LogP contribution in [0.5, 0.6) is 0 Å². The molecule has 18 heavy (non-hydrogen) atoms. The molecule has 0 unspecified atom stereocenters. The van der Waals surface area contributed by atoms with Crippen LogP contribution in [0.25, 0.3) is 4.95 Å². The number of amides is 2. The number of unbranched alkanes of at least 4 members (excludes halogenated alkanes) is 3. The summed E-state index contributed by atoms with van der Waals surface area (Å²) in [5.74, 6) is 0. The number of carbonyl (C=O) groups is 1. The first-order valence-corrected chi connectivity index (χ1v) is 7.14. The molecule has 4 nitrogen and oxygen atoms in total. The first-order valence-electron chi connectivity index (χ1n) is 7.14. The van der Waals surface area contributed by atoms with Gasteiger partial charge in [-0.3, -0.25) is 0 Å². The molecular weight excluding hydrogens is 226 g/mol. The Bertz CT molecular complexity index is 252. The molecule has 0 aliphatic heterocycles. The fourth-order valence-corrected chi connectivity index (χ4v) is 1.66. The average molecular weight is 253 g/mol. The van der Waals surface area contributed by atoms with Crippen molar-refractivity contribution in [1.29, 1.82) is 0 Å². The molecule has 0 aromatic carbocycles. The predicted molar refractivity (Wildman–Crippen MR) is 75.0 cm³/mol. The summed E-state index contributed by atoms with van der Waals surface area (Å²) in [4.78, 5) is 17.4. The van der Waals surface area contributed by atoms with Crippen molar-refractivity contribution in [2.24, 2.45) is 0 Å². The number of urea groups is 1. The van der Waals surface area contributed by atoms with Gasteiger partial charge in [-0.05, 0) is 24.3 Å². The summed E-state index contributed by atoms with van der Waals surface area (Å²) in [5, 5.41) is 1.29. The third kappa shape index (κ3) is 6.48. The van der Waals surface area contributed by atoms with Crippen molar-refractivity contribution in [3.63, 3.8) is 0 Å². The van der Waals surface area contributed by atoms with Crippen LogP contribution in [-0.2, 0) is 0 Å². The first kappa shape index (κ1) is 16.8. The molecule has 0 radical (unpaired) electrons. The number of carbonyl (C=O) groups excluding carboxylic acids is 1. The van der Waals surface area contributed by atoms with Crippen LogP contribution in [0.15, 0.2) is 0 Å². The molecular formula is C14H27N3O. The molecule has 104 valence electrons. The van der Waals surface area contributed by atoms with Crippen molar-refractivity contribution >= 4 is 6.03 Å². The van der Waals surface area contributed by atoms with E-state index in [-0.39, 0.29) is 6.03 Å². The third-order valence-corrected chi connectivity index (χ3v) is 2.90. The summed E-state index contributed by atoms with van der Waals surface area (Å²) in [6.07, 6.45) is 6.06. The number of nitrogens with zero attached hydrogens (tertiary/aromatic N) is 3. The molecule has 4 heteroatoms. The van der Waals surface area contributed by atoms with E-state index in [4.69, 9.17) is 6.57 Å². The Morgan fingerprint density at radius 3 is 1.78 bits per heavy atom. The molecule has 0 aliphatic carbocycles. The molecule has 0 aromatic heterocycles.